The fraction of sp³-hybridized carbons (Fsp3) is 0.333. The van der Waals surface area contributed by atoms with Gasteiger partial charge in [0.05, 0.1) is 0 Å². The summed E-state index contributed by atoms with van der Waals surface area (Å²) in [5.74, 6) is -4.27. The Labute approximate surface area is 83.7 Å². The molecule has 0 fully saturated rings. The first-order valence-electron chi connectivity index (χ1n) is 4.18. The van der Waals surface area contributed by atoms with Gasteiger partial charge in [0.1, 0.15) is 5.82 Å². The third-order valence-electron chi connectivity index (χ3n) is 1.99. The van der Waals surface area contributed by atoms with Gasteiger partial charge in [-0.15, -0.1) is 0 Å². The monoisotopic (exact) mass is 219 g/mol. The van der Waals surface area contributed by atoms with Crippen molar-refractivity contribution in [2.75, 3.05) is 6.54 Å². The Bertz CT molecular complexity index is 395. The quantitative estimate of drug-likeness (QED) is 0.445. The number of benzene rings is 1. The summed E-state index contributed by atoms with van der Waals surface area (Å²) in [4.78, 5) is 9.53. The second-order valence-electron chi connectivity index (χ2n) is 3.20. The SMILES string of the molecule is CC(C[N+](=O)[O-])c1cc(F)c(F)cc1F. The van der Waals surface area contributed by atoms with E-state index in [2.05, 4.69) is 0 Å². The van der Waals surface area contributed by atoms with Crippen LogP contribution in [0.25, 0.3) is 0 Å². The maximum atomic E-state index is 13.1. The number of nitrogens with zero attached hydrogens (tertiary/aromatic N) is 1. The number of hydrogen-bond acceptors (Lipinski definition) is 2. The van der Waals surface area contributed by atoms with E-state index in [-0.39, 0.29) is 5.56 Å². The zero-order valence-corrected chi connectivity index (χ0v) is 7.84. The van der Waals surface area contributed by atoms with Crippen LogP contribution in [0.2, 0.25) is 0 Å². The van der Waals surface area contributed by atoms with Gasteiger partial charge in [0.25, 0.3) is 0 Å². The van der Waals surface area contributed by atoms with Crippen molar-refractivity contribution >= 4 is 0 Å². The normalized spacial score (nSPS) is 12.5. The molecule has 3 nitrogen and oxygen atoms in total. The van der Waals surface area contributed by atoms with Gasteiger partial charge in [0.2, 0.25) is 6.54 Å². The summed E-state index contributed by atoms with van der Waals surface area (Å²) in [6.45, 7) is 0.848. The summed E-state index contributed by atoms with van der Waals surface area (Å²) in [6, 6.07) is 1.04. The number of rotatable bonds is 3. The summed E-state index contributed by atoms with van der Waals surface area (Å²) in [5, 5.41) is 10.2. The molecule has 6 heteroatoms. The fourth-order valence-corrected chi connectivity index (χ4v) is 1.24. The van der Waals surface area contributed by atoms with Crippen molar-refractivity contribution in [3.63, 3.8) is 0 Å². The molecular weight excluding hydrogens is 211 g/mol. The molecule has 0 saturated carbocycles. The van der Waals surface area contributed by atoms with Gasteiger partial charge in [-0.2, -0.15) is 0 Å². The molecular formula is C9H8F3NO2. The van der Waals surface area contributed by atoms with Crippen LogP contribution in [0.5, 0.6) is 0 Å². The molecule has 0 radical (unpaired) electrons. The predicted octanol–water partition coefficient (Wildman–Crippen LogP) is 2.48. The second kappa shape index (κ2) is 4.29. The van der Waals surface area contributed by atoms with Crippen molar-refractivity contribution in [3.8, 4) is 0 Å². The number of hydrogen-bond donors (Lipinski definition) is 0. The van der Waals surface area contributed by atoms with E-state index >= 15 is 0 Å². The van der Waals surface area contributed by atoms with Crippen LogP contribution in [0.1, 0.15) is 18.4 Å². The summed E-state index contributed by atoms with van der Waals surface area (Å²) < 4.78 is 38.4. The molecule has 0 aliphatic heterocycles. The molecule has 0 aliphatic rings. The van der Waals surface area contributed by atoms with Crippen molar-refractivity contribution < 1.29 is 18.1 Å². The van der Waals surface area contributed by atoms with Gasteiger partial charge < -0.3 is 0 Å². The minimum atomic E-state index is -1.30. The van der Waals surface area contributed by atoms with E-state index in [0.717, 1.165) is 0 Å². The summed E-state index contributed by atoms with van der Waals surface area (Å²) in [6.07, 6.45) is 0. The maximum absolute atomic E-state index is 13.1. The average molecular weight is 219 g/mol. The second-order valence-corrected chi connectivity index (χ2v) is 3.20. The predicted molar refractivity (Wildman–Crippen MR) is 46.6 cm³/mol. The summed E-state index contributed by atoms with van der Waals surface area (Å²) in [5.41, 5.74) is -0.189. The third-order valence-corrected chi connectivity index (χ3v) is 1.99. The molecule has 15 heavy (non-hydrogen) atoms. The van der Waals surface area contributed by atoms with Crippen LogP contribution in [0.3, 0.4) is 0 Å². The molecule has 0 saturated heterocycles. The molecule has 0 spiro atoms. The molecule has 1 unspecified atom stereocenters. The van der Waals surface area contributed by atoms with Crippen LogP contribution < -0.4 is 0 Å². The van der Waals surface area contributed by atoms with E-state index in [1.165, 1.54) is 6.92 Å². The number of halogens is 3. The van der Waals surface area contributed by atoms with E-state index < -0.39 is 34.8 Å². The van der Waals surface area contributed by atoms with Gasteiger partial charge in [-0.1, -0.05) is 6.92 Å². The van der Waals surface area contributed by atoms with Crippen LogP contribution in [0.4, 0.5) is 13.2 Å². The van der Waals surface area contributed by atoms with E-state index in [0.29, 0.717) is 12.1 Å². The van der Waals surface area contributed by atoms with Gasteiger partial charge in [0, 0.05) is 22.5 Å². The van der Waals surface area contributed by atoms with Crippen LogP contribution in [0, 0.1) is 27.6 Å². The smallest absolute Gasteiger partial charge is 0.210 e. The van der Waals surface area contributed by atoms with Crippen molar-refractivity contribution in [1.82, 2.24) is 0 Å². The molecule has 1 atom stereocenters. The summed E-state index contributed by atoms with van der Waals surface area (Å²) in [7, 11) is 0. The minimum Gasteiger partial charge on any atom is -0.265 e. The Morgan fingerprint density at radius 2 is 1.80 bits per heavy atom. The standard InChI is InChI=1S/C9H8F3NO2/c1-5(4-13(14)15)6-2-8(11)9(12)3-7(6)10/h2-3,5H,4H2,1H3. The topological polar surface area (TPSA) is 43.1 Å². The minimum absolute atomic E-state index is 0.189. The Hall–Kier alpha value is -1.59. The highest BCUT2D eigenvalue weighted by Gasteiger charge is 2.19. The van der Waals surface area contributed by atoms with Crippen molar-refractivity contribution in [1.29, 1.82) is 0 Å². The molecule has 0 aromatic heterocycles. The van der Waals surface area contributed by atoms with Crippen molar-refractivity contribution in [2.24, 2.45) is 0 Å². The van der Waals surface area contributed by atoms with E-state index in [1.807, 2.05) is 0 Å². The van der Waals surface area contributed by atoms with Crippen molar-refractivity contribution in [3.05, 3.63) is 45.3 Å². The lowest BCUT2D eigenvalue weighted by Gasteiger charge is -2.08. The lowest BCUT2D eigenvalue weighted by atomic mass is 10.0. The lowest BCUT2D eigenvalue weighted by molar-refractivity contribution is -0.482. The molecule has 82 valence electrons. The molecule has 1 aromatic carbocycles. The van der Waals surface area contributed by atoms with Gasteiger partial charge in [-0.25, -0.2) is 13.2 Å². The van der Waals surface area contributed by atoms with E-state index in [9.17, 15) is 23.3 Å². The molecule has 1 rings (SSSR count). The largest absolute Gasteiger partial charge is 0.265 e. The molecule has 0 heterocycles. The molecule has 0 N–H and O–H groups in total. The van der Waals surface area contributed by atoms with Gasteiger partial charge in [-0.3, -0.25) is 10.1 Å². The highest BCUT2D eigenvalue weighted by Crippen LogP contribution is 2.21. The average Bonchev–Trinajstić information content (AvgIpc) is 2.09. The van der Waals surface area contributed by atoms with Crippen LogP contribution in [0.15, 0.2) is 12.1 Å². The first-order valence-corrected chi connectivity index (χ1v) is 4.18. The third kappa shape index (κ3) is 2.68. The highest BCUT2D eigenvalue weighted by molar-refractivity contribution is 5.23. The van der Waals surface area contributed by atoms with E-state index in [1.54, 1.807) is 0 Å². The molecule has 0 bridgehead atoms. The van der Waals surface area contributed by atoms with Crippen LogP contribution in [-0.2, 0) is 0 Å². The fourth-order valence-electron chi connectivity index (χ4n) is 1.24. The highest BCUT2D eigenvalue weighted by atomic mass is 19.2. The van der Waals surface area contributed by atoms with Crippen molar-refractivity contribution in [2.45, 2.75) is 12.8 Å². The van der Waals surface area contributed by atoms with Gasteiger partial charge in [0.15, 0.2) is 11.6 Å². The summed E-state index contributed by atoms with van der Waals surface area (Å²) >= 11 is 0. The van der Waals surface area contributed by atoms with Crippen LogP contribution in [-0.4, -0.2) is 11.5 Å². The Morgan fingerprint density at radius 3 is 2.33 bits per heavy atom. The lowest BCUT2D eigenvalue weighted by Crippen LogP contribution is -2.11. The molecule has 1 aromatic rings. The Morgan fingerprint density at radius 1 is 1.27 bits per heavy atom. The first kappa shape index (κ1) is 11.5. The van der Waals surface area contributed by atoms with Crippen LogP contribution >= 0.6 is 0 Å². The Balaban J connectivity index is 3.03. The maximum Gasteiger partial charge on any atom is 0.210 e. The Kier molecular flexibility index (Phi) is 3.28. The van der Waals surface area contributed by atoms with E-state index in [4.69, 9.17) is 0 Å². The number of nitro groups is 1. The zero-order chi connectivity index (χ0) is 11.6. The molecule has 0 aliphatic carbocycles. The van der Waals surface area contributed by atoms with Gasteiger partial charge in [-0.05, 0) is 6.07 Å². The first-order chi connectivity index (χ1) is 6.91. The zero-order valence-electron chi connectivity index (χ0n) is 7.84. The van der Waals surface area contributed by atoms with Gasteiger partial charge >= 0.3 is 0 Å². The molecule has 0 amide bonds.